The highest BCUT2D eigenvalue weighted by atomic mass is 16.6. The van der Waals surface area contributed by atoms with E-state index in [2.05, 4.69) is 20.6 Å². The summed E-state index contributed by atoms with van der Waals surface area (Å²) in [6.07, 6.45) is 1.70. The molecule has 0 radical (unpaired) electrons. The molecule has 0 atom stereocenters. The Kier molecular flexibility index (Phi) is 3.50. The Labute approximate surface area is 110 Å². The van der Waals surface area contributed by atoms with Crippen LogP contribution in [0.25, 0.3) is 0 Å². The molecule has 0 spiro atoms. The summed E-state index contributed by atoms with van der Waals surface area (Å²) in [7, 11) is 0. The molecule has 8 nitrogen and oxygen atoms in total. The fraction of sp³-hybridized carbons (Fsp3) is 0.455. The van der Waals surface area contributed by atoms with Gasteiger partial charge in [0.2, 0.25) is 5.82 Å². The van der Waals surface area contributed by atoms with E-state index in [9.17, 15) is 10.1 Å². The predicted molar refractivity (Wildman–Crippen MR) is 69.9 cm³/mol. The van der Waals surface area contributed by atoms with E-state index >= 15 is 0 Å². The lowest BCUT2D eigenvalue weighted by Crippen LogP contribution is -2.08. The average Bonchev–Trinajstić information content (AvgIpc) is 2.90. The molecule has 2 N–H and O–H groups in total. The molecule has 8 heteroatoms. The fourth-order valence-electron chi connectivity index (χ4n) is 1.93. The Morgan fingerprint density at radius 3 is 2.79 bits per heavy atom. The highest BCUT2D eigenvalue weighted by Crippen LogP contribution is 2.28. The molecule has 2 aromatic rings. The molecule has 0 aliphatic rings. The summed E-state index contributed by atoms with van der Waals surface area (Å²) >= 11 is 0. The number of nitrogens with one attached hydrogen (secondary N) is 2. The average molecular weight is 264 g/mol. The second-order valence-corrected chi connectivity index (χ2v) is 4.23. The van der Waals surface area contributed by atoms with E-state index in [0.29, 0.717) is 24.6 Å². The number of hydrogen-bond donors (Lipinski definition) is 2. The predicted octanol–water partition coefficient (Wildman–Crippen LogP) is 1.76. The zero-order valence-electron chi connectivity index (χ0n) is 11.1. The van der Waals surface area contributed by atoms with Crippen molar-refractivity contribution in [3.8, 4) is 0 Å². The van der Waals surface area contributed by atoms with Crippen LogP contribution in [0.4, 0.5) is 11.5 Å². The third-order valence-electron chi connectivity index (χ3n) is 2.96. The van der Waals surface area contributed by atoms with Crippen LogP contribution in [-0.2, 0) is 13.1 Å². The summed E-state index contributed by atoms with van der Waals surface area (Å²) in [5.41, 5.74) is 2.35. The van der Waals surface area contributed by atoms with Gasteiger partial charge in [0, 0.05) is 24.3 Å². The number of hydrogen-bond acceptors (Lipinski definition) is 5. The van der Waals surface area contributed by atoms with Crippen molar-refractivity contribution in [1.82, 2.24) is 20.0 Å². The van der Waals surface area contributed by atoms with Crippen molar-refractivity contribution in [3.63, 3.8) is 0 Å². The molecule has 0 amide bonds. The largest absolute Gasteiger partial charge is 0.360 e. The van der Waals surface area contributed by atoms with Gasteiger partial charge < -0.3 is 5.32 Å². The number of aromatic nitrogens is 4. The molecule has 2 heterocycles. The van der Waals surface area contributed by atoms with Gasteiger partial charge in [0.05, 0.1) is 11.1 Å². The van der Waals surface area contributed by atoms with E-state index in [4.69, 9.17) is 0 Å². The molecule has 2 aromatic heterocycles. The van der Waals surface area contributed by atoms with Crippen LogP contribution in [0.2, 0.25) is 0 Å². The monoisotopic (exact) mass is 264 g/mol. The van der Waals surface area contributed by atoms with Crippen molar-refractivity contribution < 1.29 is 4.92 Å². The first-order chi connectivity index (χ1) is 9.04. The van der Waals surface area contributed by atoms with E-state index in [1.165, 1.54) is 0 Å². The van der Waals surface area contributed by atoms with Crippen molar-refractivity contribution in [2.75, 3.05) is 5.32 Å². The molecule has 2 rings (SSSR count). The van der Waals surface area contributed by atoms with Crippen LogP contribution in [0.5, 0.6) is 0 Å². The summed E-state index contributed by atoms with van der Waals surface area (Å²) in [5, 5.41) is 25.1. The summed E-state index contributed by atoms with van der Waals surface area (Å²) in [4.78, 5) is 10.7. The maximum atomic E-state index is 11.1. The van der Waals surface area contributed by atoms with Crippen LogP contribution in [-0.4, -0.2) is 24.9 Å². The first-order valence-electron chi connectivity index (χ1n) is 5.99. The third-order valence-corrected chi connectivity index (χ3v) is 2.96. The van der Waals surface area contributed by atoms with Crippen molar-refractivity contribution in [2.24, 2.45) is 0 Å². The molecule has 102 valence electrons. The lowest BCUT2D eigenvalue weighted by Gasteiger charge is -2.07. The molecular formula is C11H16N6O2. The summed E-state index contributed by atoms with van der Waals surface area (Å²) in [6.45, 7) is 6.47. The van der Waals surface area contributed by atoms with Crippen molar-refractivity contribution in [1.29, 1.82) is 0 Å². The first-order valence-corrected chi connectivity index (χ1v) is 5.99. The molecule has 0 bridgehead atoms. The summed E-state index contributed by atoms with van der Waals surface area (Å²) in [6, 6.07) is 0. The highest BCUT2D eigenvalue weighted by molar-refractivity contribution is 5.59. The van der Waals surface area contributed by atoms with Crippen LogP contribution in [0.1, 0.15) is 23.9 Å². The molecule has 0 saturated heterocycles. The number of aromatic amines is 1. The Morgan fingerprint density at radius 2 is 2.26 bits per heavy atom. The van der Waals surface area contributed by atoms with Gasteiger partial charge in [-0.15, -0.1) is 0 Å². The van der Waals surface area contributed by atoms with Gasteiger partial charge in [-0.05, 0) is 20.8 Å². The fourth-order valence-corrected chi connectivity index (χ4v) is 1.93. The second kappa shape index (κ2) is 5.09. The Morgan fingerprint density at radius 1 is 1.53 bits per heavy atom. The molecule has 0 aromatic carbocycles. The number of nitro groups is 1. The topological polar surface area (TPSA) is 102 Å². The molecule has 0 aliphatic heterocycles. The zero-order valence-corrected chi connectivity index (χ0v) is 11.1. The van der Waals surface area contributed by atoms with Gasteiger partial charge in [0.25, 0.3) is 0 Å². The minimum atomic E-state index is -0.404. The van der Waals surface area contributed by atoms with E-state index in [1.54, 1.807) is 17.8 Å². The normalized spacial score (nSPS) is 10.7. The number of H-pyrrole nitrogens is 1. The molecule has 0 fully saturated rings. The molecular weight excluding hydrogens is 248 g/mol. The minimum absolute atomic E-state index is 0.0306. The van der Waals surface area contributed by atoms with Gasteiger partial charge >= 0.3 is 5.69 Å². The lowest BCUT2D eigenvalue weighted by molar-refractivity contribution is -0.384. The number of aryl methyl sites for hydroxylation is 3. The van der Waals surface area contributed by atoms with E-state index in [0.717, 1.165) is 11.3 Å². The van der Waals surface area contributed by atoms with E-state index in [1.807, 2.05) is 13.8 Å². The van der Waals surface area contributed by atoms with Crippen LogP contribution in [0, 0.1) is 24.0 Å². The summed E-state index contributed by atoms with van der Waals surface area (Å²) < 4.78 is 1.60. The first kappa shape index (κ1) is 13.1. The van der Waals surface area contributed by atoms with Crippen molar-refractivity contribution >= 4 is 11.5 Å². The number of rotatable bonds is 5. The Balaban J connectivity index is 2.28. The molecule has 0 aliphatic carbocycles. The van der Waals surface area contributed by atoms with Crippen LogP contribution < -0.4 is 5.32 Å². The highest BCUT2D eigenvalue weighted by Gasteiger charge is 2.24. The third kappa shape index (κ3) is 2.42. The lowest BCUT2D eigenvalue weighted by atomic mass is 10.2. The van der Waals surface area contributed by atoms with Crippen molar-refractivity contribution in [3.05, 3.63) is 33.3 Å². The molecule has 19 heavy (non-hydrogen) atoms. The van der Waals surface area contributed by atoms with E-state index in [-0.39, 0.29) is 5.69 Å². The Hall–Kier alpha value is -2.38. The van der Waals surface area contributed by atoms with Gasteiger partial charge in [-0.2, -0.15) is 10.2 Å². The Bertz CT molecular complexity index is 600. The van der Waals surface area contributed by atoms with Gasteiger partial charge in [0.1, 0.15) is 5.69 Å². The maximum absolute atomic E-state index is 11.1. The SMILES string of the molecule is CCn1nc(C)c([N+](=O)[O-])c1NCc1cn[nH]c1C. The van der Waals surface area contributed by atoms with E-state index < -0.39 is 4.92 Å². The number of anilines is 1. The summed E-state index contributed by atoms with van der Waals surface area (Å²) in [5.74, 6) is 0.436. The molecule has 0 unspecified atom stereocenters. The van der Waals surface area contributed by atoms with Crippen LogP contribution in [0.3, 0.4) is 0 Å². The van der Waals surface area contributed by atoms with Crippen LogP contribution in [0.15, 0.2) is 6.20 Å². The second-order valence-electron chi connectivity index (χ2n) is 4.23. The van der Waals surface area contributed by atoms with Gasteiger partial charge in [-0.25, -0.2) is 4.68 Å². The van der Waals surface area contributed by atoms with Gasteiger partial charge in [-0.3, -0.25) is 15.2 Å². The quantitative estimate of drug-likeness (QED) is 0.633. The smallest absolute Gasteiger partial charge is 0.333 e. The minimum Gasteiger partial charge on any atom is -0.360 e. The van der Waals surface area contributed by atoms with Gasteiger partial charge in [0.15, 0.2) is 0 Å². The zero-order chi connectivity index (χ0) is 14.0. The maximum Gasteiger partial charge on any atom is 0.333 e. The van der Waals surface area contributed by atoms with Crippen LogP contribution >= 0.6 is 0 Å². The number of nitrogens with zero attached hydrogens (tertiary/aromatic N) is 4. The standard InChI is InChI=1S/C11H16N6O2/c1-4-16-11(10(17(18)19)8(3)15-16)12-5-9-6-13-14-7(9)2/h6,12H,4-5H2,1-3H3,(H,13,14). The molecule has 0 saturated carbocycles. The van der Waals surface area contributed by atoms with Gasteiger partial charge in [-0.1, -0.05) is 0 Å². The van der Waals surface area contributed by atoms with Crippen molar-refractivity contribution in [2.45, 2.75) is 33.9 Å².